The van der Waals surface area contributed by atoms with E-state index in [1.54, 1.807) is 4.68 Å². The Hall–Kier alpha value is -1.68. The van der Waals surface area contributed by atoms with Crippen molar-refractivity contribution in [1.82, 2.24) is 9.78 Å². The SMILES string of the molecule is Cc1cccc(Cl)c1Nc1c(N)c(C)nn1C. The summed E-state index contributed by atoms with van der Waals surface area (Å²) in [4.78, 5) is 0. The normalized spacial score (nSPS) is 10.6. The molecule has 0 aliphatic rings. The Morgan fingerprint density at radius 1 is 1.35 bits per heavy atom. The Labute approximate surface area is 105 Å². The predicted octanol–water partition coefficient (Wildman–Crippen LogP) is 3.02. The fourth-order valence-corrected chi connectivity index (χ4v) is 2.00. The van der Waals surface area contributed by atoms with E-state index >= 15 is 0 Å². The Kier molecular flexibility index (Phi) is 2.98. The molecule has 0 atom stereocenters. The quantitative estimate of drug-likeness (QED) is 0.862. The second-order valence-corrected chi connectivity index (χ2v) is 4.44. The largest absolute Gasteiger partial charge is 0.394 e. The van der Waals surface area contributed by atoms with Crippen molar-refractivity contribution in [1.29, 1.82) is 0 Å². The molecule has 4 nitrogen and oxygen atoms in total. The number of rotatable bonds is 2. The first-order chi connectivity index (χ1) is 8.00. The van der Waals surface area contributed by atoms with E-state index in [2.05, 4.69) is 10.4 Å². The van der Waals surface area contributed by atoms with Crippen LogP contribution in [0.3, 0.4) is 0 Å². The number of nitrogens with two attached hydrogens (primary N) is 1. The summed E-state index contributed by atoms with van der Waals surface area (Å²) in [5, 5.41) is 8.16. The number of para-hydroxylation sites is 1. The van der Waals surface area contributed by atoms with Gasteiger partial charge in [0.1, 0.15) is 0 Å². The van der Waals surface area contributed by atoms with Gasteiger partial charge in [0.2, 0.25) is 0 Å². The van der Waals surface area contributed by atoms with Crippen molar-refractivity contribution < 1.29 is 0 Å². The van der Waals surface area contributed by atoms with Crippen molar-refractivity contribution in [3.05, 3.63) is 34.5 Å². The predicted molar refractivity (Wildman–Crippen MR) is 71.8 cm³/mol. The molecule has 90 valence electrons. The van der Waals surface area contributed by atoms with Gasteiger partial charge in [-0.1, -0.05) is 23.7 Å². The van der Waals surface area contributed by atoms with Crippen molar-refractivity contribution in [2.75, 3.05) is 11.1 Å². The molecule has 0 spiro atoms. The topological polar surface area (TPSA) is 55.9 Å². The first-order valence-electron chi connectivity index (χ1n) is 5.32. The summed E-state index contributed by atoms with van der Waals surface area (Å²) >= 11 is 6.16. The van der Waals surface area contributed by atoms with Gasteiger partial charge in [-0.15, -0.1) is 0 Å². The lowest BCUT2D eigenvalue weighted by atomic mass is 10.2. The number of hydrogen-bond acceptors (Lipinski definition) is 3. The highest BCUT2D eigenvalue weighted by Gasteiger charge is 2.12. The van der Waals surface area contributed by atoms with Gasteiger partial charge < -0.3 is 11.1 Å². The number of anilines is 3. The molecule has 2 aromatic rings. The zero-order valence-electron chi connectivity index (χ0n) is 10.1. The van der Waals surface area contributed by atoms with Gasteiger partial charge in [0.25, 0.3) is 0 Å². The minimum Gasteiger partial charge on any atom is -0.394 e. The Balaban J connectivity index is 2.45. The summed E-state index contributed by atoms with van der Waals surface area (Å²) in [6.07, 6.45) is 0. The van der Waals surface area contributed by atoms with E-state index in [0.717, 1.165) is 22.8 Å². The fourth-order valence-electron chi connectivity index (χ4n) is 1.73. The molecule has 17 heavy (non-hydrogen) atoms. The molecule has 0 fully saturated rings. The molecule has 0 aliphatic heterocycles. The van der Waals surface area contributed by atoms with Crippen LogP contribution in [0.25, 0.3) is 0 Å². The molecule has 0 aliphatic carbocycles. The average Bonchev–Trinajstić information content (AvgIpc) is 2.49. The number of benzene rings is 1. The number of hydrogen-bond donors (Lipinski definition) is 2. The Morgan fingerprint density at radius 2 is 2.06 bits per heavy atom. The number of aromatic nitrogens is 2. The van der Waals surface area contributed by atoms with E-state index in [9.17, 15) is 0 Å². The molecule has 0 amide bonds. The highest BCUT2D eigenvalue weighted by Crippen LogP contribution is 2.31. The van der Waals surface area contributed by atoms with Crippen LogP contribution in [0.2, 0.25) is 5.02 Å². The van der Waals surface area contributed by atoms with Crippen LogP contribution >= 0.6 is 11.6 Å². The lowest BCUT2D eigenvalue weighted by molar-refractivity contribution is 0.765. The van der Waals surface area contributed by atoms with E-state index < -0.39 is 0 Å². The first kappa shape index (κ1) is 11.8. The molecular weight excluding hydrogens is 236 g/mol. The summed E-state index contributed by atoms with van der Waals surface area (Å²) in [5.41, 5.74) is 9.34. The fraction of sp³-hybridized carbons (Fsp3) is 0.250. The molecule has 1 aromatic carbocycles. The summed E-state index contributed by atoms with van der Waals surface area (Å²) in [6.45, 7) is 3.87. The van der Waals surface area contributed by atoms with Crippen molar-refractivity contribution in [2.24, 2.45) is 7.05 Å². The van der Waals surface area contributed by atoms with E-state index in [1.165, 1.54) is 0 Å². The van der Waals surface area contributed by atoms with Gasteiger partial charge in [-0.25, -0.2) is 0 Å². The monoisotopic (exact) mass is 250 g/mol. The third-order valence-electron chi connectivity index (χ3n) is 2.73. The molecule has 0 radical (unpaired) electrons. The van der Waals surface area contributed by atoms with E-state index in [1.807, 2.05) is 39.1 Å². The van der Waals surface area contributed by atoms with E-state index in [-0.39, 0.29) is 0 Å². The van der Waals surface area contributed by atoms with Crippen LogP contribution in [0.4, 0.5) is 17.2 Å². The van der Waals surface area contributed by atoms with E-state index in [0.29, 0.717) is 10.7 Å². The highest BCUT2D eigenvalue weighted by atomic mass is 35.5. The van der Waals surface area contributed by atoms with Crippen molar-refractivity contribution in [3.63, 3.8) is 0 Å². The summed E-state index contributed by atoms with van der Waals surface area (Å²) in [7, 11) is 1.85. The second kappa shape index (κ2) is 4.30. The molecule has 2 rings (SSSR count). The zero-order valence-corrected chi connectivity index (χ0v) is 10.8. The van der Waals surface area contributed by atoms with Gasteiger partial charge in [0, 0.05) is 7.05 Å². The van der Waals surface area contributed by atoms with Crippen LogP contribution in [0, 0.1) is 13.8 Å². The molecule has 0 unspecified atom stereocenters. The maximum Gasteiger partial charge on any atom is 0.152 e. The number of halogens is 1. The van der Waals surface area contributed by atoms with Crippen LogP contribution in [0.15, 0.2) is 18.2 Å². The molecular formula is C12H15ClN4. The van der Waals surface area contributed by atoms with Crippen LogP contribution in [-0.2, 0) is 7.05 Å². The lowest BCUT2D eigenvalue weighted by Gasteiger charge is -2.12. The number of nitrogens with one attached hydrogen (secondary N) is 1. The number of nitrogen functional groups attached to an aromatic ring is 1. The minimum absolute atomic E-state index is 0.645. The van der Waals surface area contributed by atoms with Crippen molar-refractivity contribution in [2.45, 2.75) is 13.8 Å². The maximum atomic E-state index is 6.16. The molecule has 0 saturated carbocycles. The van der Waals surface area contributed by atoms with Gasteiger partial charge in [0.05, 0.1) is 22.1 Å². The van der Waals surface area contributed by atoms with Crippen LogP contribution in [-0.4, -0.2) is 9.78 Å². The van der Waals surface area contributed by atoms with Gasteiger partial charge in [-0.05, 0) is 25.5 Å². The standard InChI is InChI=1S/C12H15ClN4/c1-7-5-4-6-9(13)11(7)15-12-10(14)8(2)16-17(12)3/h4-6,15H,14H2,1-3H3. The molecule has 1 aromatic heterocycles. The Morgan fingerprint density at radius 3 is 2.59 bits per heavy atom. The third-order valence-corrected chi connectivity index (χ3v) is 3.05. The molecule has 0 saturated heterocycles. The van der Waals surface area contributed by atoms with Crippen LogP contribution in [0.1, 0.15) is 11.3 Å². The van der Waals surface area contributed by atoms with Crippen LogP contribution < -0.4 is 11.1 Å². The summed E-state index contributed by atoms with van der Waals surface area (Å²) in [5.74, 6) is 0.763. The summed E-state index contributed by atoms with van der Waals surface area (Å²) in [6, 6.07) is 5.75. The maximum absolute atomic E-state index is 6.16. The Bertz CT molecular complexity index is 540. The molecule has 1 heterocycles. The number of nitrogens with zero attached hydrogens (tertiary/aromatic N) is 2. The van der Waals surface area contributed by atoms with Gasteiger partial charge in [0.15, 0.2) is 5.82 Å². The average molecular weight is 251 g/mol. The number of aryl methyl sites for hydroxylation is 3. The third kappa shape index (κ3) is 2.08. The van der Waals surface area contributed by atoms with Gasteiger partial charge in [-0.2, -0.15) is 5.10 Å². The first-order valence-corrected chi connectivity index (χ1v) is 5.69. The molecule has 5 heteroatoms. The van der Waals surface area contributed by atoms with Gasteiger partial charge >= 0.3 is 0 Å². The van der Waals surface area contributed by atoms with E-state index in [4.69, 9.17) is 17.3 Å². The second-order valence-electron chi connectivity index (χ2n) is 4.03. The van der Waals surface area contributed by atoms with Crippen molar-refractivity contribution in [3.8, 4) is 0 Å². The molecule has 0 bridgehead atoms. The van der Waals surface area contributed by atoms with Crippen molar-refractivity contribution >= 4 is 28.8 Å². The smallest absolute Gasteiger partial charge is 0.152 e. The zero-order chi connectivity index (χ0) is 12.6. The highest BCUT2D eigenvalue weighted by molar-refractivity contribution is 6.33. The summed E-state index contributed by atoms with van der Waals surface area (Å²) < 4.78 is 1.72. The van der Waals surface area contributed by atoms with Gasteiger partial charge in [-0.3, -0.25) is 4.68 Å². The lowest BCUT2D eigenvalue weighted by Crippen LogP contribution is -2.03. The van der Waals surface area contributed by atoms with Crippen LogP contribution in [0.5, 0.6) is 0 Å². The molecule has 3 N–H and O–H groups in total. The minimum atomic E-state index is 0.645.